The molecule has 25 heavy (non-hydrogen) atoms. The fourth-order valence-corrected chi connectivity index (χ4v) is 2.28. The number of hydrogen-bond acceptors (Lipinski definition) is 6. The summed E-state index contributed by atoms with van der Waals surface area (Å²) in [4.78, 5) is 38.0. The lowest BCUT2D eigenvalue weighted by molar-refractivity contribution is -0.757. The van der Waals surface area contributed by atoms with Crippen LogP contribution in [0.15, 0.2) is 48.5 Å². The van der Waals surface area contributed by atoms with Crippen molar-refractivity contribution < 1.29 is 24.3 Å². The number of Topliss-reactive ketones (excluding diaryl/α,β-unsaturated/α-hetero) is 1. The van der Waals surface area contributed by atoms with E-state index in [0.717, 1.165) is 11.1 Å². The fraction of sp³-hybridized carbons (Fsp3) is 0.222. The molecule has 0 unspecified atom stereocenters. The van der Waals surface area contributed by atoms with E-state index in [1.165, 1.54) is 6.92 Å². The summed E-state index contributed by atoms with van der Waals surface area (Å²) in [6, 6.07) is 13.8. The number of carbonyl (C=O) groups excluding carboxylic acids is 2. The van der Waals surface area contributed by atoms with Crippen LogP contribution < -0.4 is 4.74 Å². The molecule has 130 valence electrons. The predicted octanol–water partition coefficient (Wildman–Crippen LogP) is 2.79. The minimum absolute atomic E-state index is 0.0129. The van der Waals surface area contributed by atoms with E-state index in [1.807, 2.05) is 0 Å². The van der Waals surface area contributed by atoms with Gasteiger partial charge in [-0.3, -0.25) is 9.59 Å². The standard InChI is InChI=1S/C18H17NO6/c1-13(20)25-18-5-3-2-4-16(18)17(21)12-15-8-6-14(7-9-15)10-11-24-19(22)23/h2-9H,10-12H2,1H3. The molecule has 0 N–H and O–H groups in total. The first-order valence-corrected chi connectivity index (χ1v) is 7.61. The van der Waals surface area contributed by atoms with Crippen LogP contribution in [0.3, 0.4) is 0 Å². The summed E-state index contributed by atoms with van der Waals surface area (Å²) in [5.41, 5.74) is 2.01. The number of nitrogens with zero attached hydrogens (tertiary/aromatic N) is 1. The van der Waals surface area contributed by atoms with Gasteiger partial charge in [0.25, 0.3) is 5.09 Å². The molecular formula is C18H17NO6. The van der Waals surface area contributed by atoms with Gasteiger partial charge in [-0.2, -0.15) is 0 Å². The summed E-state index contributed by atoms with van der Waals surface area (Å²) in [7, 11) is 0. The second-order valence-corrected chi connectivity index (χ2v) is 5.31. The van der Waals surface area contributed by atoms with Crippen LogP contribution in [-0.2, 0) is 22.5 Å². The normalized spacial score (nSPS) is 10.1. The minimum atomic E-state index is -0.826. The highest BCUT2D eigenvalue weighted by atomic mass is 16.9. The molecule has 0 aliphatic carbocycles. The van der Waals surface area contributed by atoms with Crippen molar-refractivity contribution in [3.8, 4) is 5.75 Å². The Labute approximate surface area is 144 Å². The molecular weight excluding hydrogens is 326 g/mol. The maximum absolute atomic E-state index is 12.5. The van der Waals surface area contributed by atoms with Crippen molar-refractivity contribution >= 4 is 11.8 Å². The zero-order chi connectivity index (χ0) is 18.2. The first-order chi connectivity index (χ1) is 12.0. The molecule has 0 saturated heterocycles. The van der Waals surface area contributed by atoms with Crippen LogP contribution in [0.5, 0.6) is 5.75 Å². The van der Waals surface area contributed by atoms with Gasteiger partial charge >= 0.3 is 5.97 Å². The van der Waals surface area contributed by atoms with E-state index in [1.54, 1.807) is 48.5 Å². The zero-order valence-electron chi connectivity index (χ0n) is 13.6. The molecule has 0 aliphatic rings. The Morgan fingerprint density at radius 2 is 1.68 bits per heavy atom. The minimum Gasteiger partial charge on any atom is -0.426 e. The average molecular weight is 343 g/mol. The molecule has 0 radical (unpaired) electrons. The van der Waals surface area contributed by atoms with Gasteiger partial charge in [0.05, 0.1) is 5.56 Å². The molecule has 0 spiro atoms. The summed E-state index contributed by atoms with van der Waals surface area (Å²) < 4.78 is 5.06. The molecule has 0 bridgehead atoms. The van der Waals surface area contributed by atoms with Crippen LogP contribution in [0, 0.1) is 10.1 Å². The third kappa shape index (κ3) is 5.72. The smallest absolute Gasteiger partial charge is 0.308 e. The fourth-order valence-electron chi connectivity index (χ4n) is 2.28. The van der Waals surface area contributed by atoms with E-state index in [2.05, 4.69) is 4.84 Å². The van der Waals surface area contributed by atoms with Crippen LogP contribution >= 0.6 is 0 Å². The first kappa shape index (κ1) is 18.1. The Hall–Kier alpha value is -3.22. The van der Waals surface area contributed by atoms with Crippen LogP contribution in [-0.4, -0.2) is 23.4 Å². The number of benzene rings is 2. The van der Waals surface area contributed by atoms with E-state index >= 15 is 0 Å². The second kappa shape index (κ2) is 8.58. The highest BCUT2D eigenvalue weighted by molar-refractivity contribution is 6.00. The van der Waals surface area contributed by atoms with Crippen molar-refractivity contribution in [2.75, 3.05) is 6.61 Å². The van der Waals surface area contributed by atoms with E-state index in [0.29, 0.717) is 12.0 Å². The monoisotopic (exact) mass is 343 g/mol. The SMILES string of the molecule is CC(=O)Oc1ccccc1C(=O)Cc1ccc(CCO[N+](=O)[O-])cc1. The van der Waals surface area contributed by atoms with E-state index in [-0.39, 0.29) is 24.6 Å². The number of esters is 1. The number of ether oxygens (including phenoxy) is 1. The van der Waals surface area contributed by atoms with Gasteiger partial charge in [-0.1, -0.05) is 36.4 Å². The van der Waals surface area contributed by atoms with Gasteiger partial charge in [-0.25, -0.2) is 0 Å². The van der Waals surface area contributed by atoms with Crippen molar-refractivity contribution in [3.05, 3.63) is 75.3 Å². The zero-order valence-corrected chi connectivity index (χ0v) is 13.6. The van der Waals surface area contributed by atoms with E-state index in [4.69, 9.17) is 4.74 Å². The lowest BCUT2D eigenvalue weighted by Crippen LogP contribution is -2.09. The Bertz CT molecular complexity index is 769. The molecule has 0 aromatic heterocycles. The second-order valence-electron chi connectivity index (χ2n) is 5.31. The van der Waals surface area contributed by atoms with Gasteiger partial charge in [0.2, 0.25) is 0 Å². The molecule has 2 rings (SSSR count). The Morgan fingerprint density at radius 1 is 1.04 bits per heavy atom. The van der Waals surface area contributed by atoms with Gasteiger partial charge in [-0.15, -0.1) is 10.1 Å². The molecule has 0 aliphatic heterocycles. The molecule has 0 heterocycles. The molecule has 0 atom stereocenters. The molecule has 2 aromatic carbocycles. The molecule has 7 nitrogen and oxygen atoms in total. The molecule has 0 amide bonds. The maximum Gasteiger partial charge on any atom is 0.308 e. The lowest BCUT2D eigenvalue weighted by atomic mass is 10.0. The van der Waals surface area contributed by atoms with Crippen molar-refractivity contribution in [2.24, 2.45) is 0 Å². The average Bonchev–Trinajstić information content (AvgIpc) is 2.56. The van der Waals surface area contributed by atoms with Gasteiger partial charge < -0.3 is 9.57 Å². The summed E-state index contributed by atoms with van der Waals surface area (Å²) in [6.07, 6.45) is 0.564. The van der Waals surface area contributed by atoms with Crippen LogP contribution in [0.25, 0.3) is 0 Å². The largest absolute Gasteiger partial charge is 0.426 e. The van der Waals surface area contributed by atoms with Crippen LogP contribution in [0.4, 0.5) is 0 Å². The van der Waals surface area contributed by atoms with Crippen molar-refractivity contribution in [1.82, 2.24) is 0 Å². The Kier molecular flexibility index (Phi) is 6.22. The molecule has 0 saturated carbocycles. The quantitative estimate of drug-likeness (QED) is 0.240. The van der Waals surface area contributed by atoms with Crippen molar-refractivity contribution in [3.63, 3.8) is 0 Å². The Balaban J connectivity index is 2.01. The summed E-state index contributed by atoms with van der Waals surface area (Å²) >= 11 is 0. The highest BCUT2D eigenvalue weighted by Gasteiger charge is 2.14. The number of para-hydroxylation sites is 1. The first-order valence-electron chi connectivity index (χ1n) is 7.61. The third-order valence-electron chi connectivity index (χ3n) is 3.42. The lowest BCUT2D eigenvalue weighted by Gasteiger charge is -2.08. The van der Waals surface area contributed by atoms with Crippen LogP contribution in [0.1, 0.15) is 28.4 Å². The summed E-state index contributed by atoms with van der Waals surface area (Å²) in [5, 5.41) is 9.28. The third-order valence-corrected chi connectivity index (χ3v) is 3.42. The van der Waals surface area contributed by atoms with Gasteiger partial charge in [0, 0.05) is 13.3 Å². The topological polar surface area (TPSA) is 95.7 Å². The summed E-state index contributed by atoms with van der Waals surface area (Å²) in [6.45, 7) is 1.27. The van der Waals surface area contributed by atoms with Gasteiger partial charge in [0.1, 0.15) is 12.4 Å². The highest BCUT2D eigenvalue weighted by Crippen LogP contribution is 2.20. The van der Waals surface area contributed by atoms with Gasteiger partial charge in [-0.05, 0) is 29.7 Å². The predicted molar refractivity (Wildman–Crippen MR) is 88.9 cm³/mol. The molecule has 0 fully saturated rings. The van der Waals surface area contributed by atoms with Gasteiger partial charge in [0.15, 0.2) is 5.78 Å². The number of hydrogen-bond donors (Lipinski definition) is 0. The van der Waals surface area contributed by atoms with Crippen molar-refractivity contribution in [2.45, 2.75) is 19.8 Å². The van der Waals surface area contributed by atoms with E-state index in [9.17, 15) is 19.7 Å². The number of ketones is 1. The Morgan fingerprint density at radius 3 is 2.32 bits per heavy atom. The number of rotatable bonds is 8. The molecule has 2 aromatic rings. The van der Waals surface area contributed by atoms with Crippen molar-refractivity contribution in [1.29, 1.82) is 0 Å². The maximum atomic E-state index is 12.5. The van der Waals surface area contributed by atoms with E-state index < -0.39 is 11.1 Å². The number of carbonyl (C=O) groups is 2. The van der Waals surface area contributed by atoms with Crippen LogP contribution in [0.2, 0.25) is 0 Å². The molecule has 7 heteroatoms. The summed E-state index contributed by atoms with van der Waals surface area (Å²) in [5.74, 6) is -0.406.